The number of carbonyl (C=O) groups excluding carboxylic acids is 3. The first kappa shape index (κ1) is 23.1. The summed E-state index contributed by atoms with van der Waals surface area (Å²) < 4.78 is 20.0. The maximum absolute atomic E-state index is 13.3. The van der Waals surface area contributed by atoms with Gasteiger partial charge in [-0.1, -0.05) is 6.07 Å². The number of aromatic nitrogens is 2. The Hall–Kier alpha value is -4.33. The quantitative estimate of drug-likeness (QED) is 0.304. The van der Waals surface area contributed by atoms with Crippen LogP contribution in [0.15, 0.2) is 48.8 Å². The molecule has 37 heavy (non-hydrogen) atoms. The van der Waals surface area contributed by atoms with Crippen molar-refractivity contribution in [2.75, 3.05) is 13.7 Å². The molecule has 1 aromatic carbocycles. The first-order chi connectivity index (χ1) is 17.9. The zero-order valence-corrected chi connectivity index (χ0v) is 20.9. The molecule has 8 heteroatoms. The number of benzene rings is 1. The van der Waals surface area contributed by atoms with Crippen molar-refractivity contribution < 1.29 is 28.6 Å². The van der Waals surface area contributed by atoms with Crippen molar-refractivity contribution in [2.24, 2.45) is 13.0 Å². The fourth-order valence-electron chi connectivity index (χ4n) is 5.77. The molecule has 4 heterocycles. The Morgan fingerprint density at radius 2 is 1.92 bits per heavy atom. The van der Waals surface area contributed by atoms with Gasteiger partial charge in [-0.2, -0.15) is 0 Å². The predicted octanol–water partition coefficient (Wildman–Crippen LogP) is 4.10. The van der Waals surface area contributed by atoms with Gasteiger partial charge in [0.2, 0.25) is 0 Å². The number of aryl methyl sites for hydroxylation is 2. The molecule has 1 atom stereocenters. The summed E-state index contributed by atoms with van der Waals surface area (Å²) in [6.07, 6.45) is 6.09. The highest BCUT2D eigenvalue weighted by molar-refractivity contribution is 6.46. The summed E-state index contributed by atoms with van der Waals surface area (Å²) in [5.74, 6) is -0.853. The number of carbonyl (C=O) groups is 3. The van der Waals surface area contributed by atoms with Gasteiger partial charge in [-0.15, -0.1) is 0 Å². The largest absolute Gasteiger partial charge is 0.497 e. The third-order valence-corrected chi connectivity index (χ3v) is 7.42. The lowest BCUT2D eigenvalue weighted by Gasteiger charge is -2.23. The average molecular weight is 499 g/mol. The number of rotatable bonds is 5. The van der Waals surface area contributed by atoms with Crippen molar-refractivity contribution in [2.45, 2.75) is 26.2 Å². The van der Waals surface area contributed by atoms with E-state index in [1.165, 1.54) is 6.92 Å². The van der Waals surface area contributed by atoms with E-state index in [4.69, 9.17) is 14.2 Å². The summed E-state index contributed by atoms with van der Waals surface area (Å²) in [4.78, 5) is 38.0. The second-order valence-electron chi connectivity index (χ2n) is 9.63. The summed E-state index contributed by atoms with van der Waals surface area (Å²) >= 11 is 0. The van der Waals surface area contributed by atoms with Crippen LogP contribution in [-0.2, 0) is 43.7 Å². The first-order valence-electron chi connectivity index (χ1n) is 12.3. The van der Waals surface area contributed by atoms with E-state index in [9.17, 15) is 14.4 Å². The van der Waals surface area contributed by atoms with E-state index in [1.54, 1.807) is 7.11 Å². The summed E-state index contributed by atoms with van der Waals surface area (Å²) in [6.45, 7) is 1.72. The van der Waals surface area contributed by atoms with Gasteiger partial charge < -0.3 is 23.2 Å². The summed E-state index contributed by atoms with van der Waals surface area (Å²) in [6, 6.07) is 11.5. The van der Waals surface area contributed by atoms with Crippen LogP contribution < -0.4 is 4.74 Å². The normalized spacial score (nSPS) is 17.4. The number of cyclic esters (lactones) is 2. The maximum atomic E-state index is 13.3. The molecule has 0 amide bonds. The van der Waals surface area contributed by atoms with Crippen LogP contribution in [0.25, 0.3) is 27.6 Å². The van der Waals surface area contributed by atoms with Crippen LogP contribution in [0.5, 0.6) is 5.75 Å². The van der Waals surface area contributed by atoms with Gasteiger partial charge >= 0.3 is 17.9 Å². The molecule has 0 radical (unpaired) electrons. The molecular weight excluding hydrogens is 472 g/mol. The van der Waals surface area contributed by atoms with E-state index in [0.29, 0.717) is 29.9 Å². The summed E-state index contributed by atoms with van der Waals surface area (Å²) in [7, 11) is 3.49. The van der Waals surface area contributed by atoms with E-state index >= 15 is 0 Å². The van der Waals surface area contributed by atoms with Crippen LogP contribution in [0.4, 0.5) is 0 Å². The van der Waals surface area contributed by atoms with Crippen LogP contribution >= 0.6 is 0 Å². The molecule has 0 saturated carbocycles. The summed E-state index contributed by atoms with van der Waals surface area (Å²) in [5, 5.41) is 0.797. The van der Waals surface area contributed by atoms with Crippen molar-refractivity contribution in [1.82, 2.24) is 8.97 Å². The number of methoxy groups -OCH3 is 1. The minimum absolute atomic E-state index is 0.117. The SMILES string of the molecule is COc1ccc2c(c1)c(C1=C(c3c4c(n5ccccc35)CCC(COC(C)=O)C4)C(=O)OC1=O)cn2C. The molecule has 6 rings (SSSR count). The van der Waals surface area contributed by atoms with E-state index in [1.807, 2.05) is 60.4 Å². The number of ether oxygens (including phenoxy) is 3. The van der Waals surface area contributed by atoms with Gasteiger partial charge in [0.05, 0.1) is 30.4 Å². The van der Waals surface area contributed by atoms with Gasteiger partial charge in [-0.05, 0) is 61.1 Å². The minimum Gasteiger partial charge on any atom is -0.497 e. The molecule has 0 N–H and O–H groups in total. The smallest absolute Gasteiger partial charge is 0.347 e. The Morgan fingerprint density at radius 3 is 2.70 bits per heavy atom. The van der Waals surface area contributed by atoms with Crippen molar-refractivity contribution in [3.63, 3.8) is 0 Å². The van der Waals surface area contributed by atoms with Crippen LogP contribution in [-0.4, -0.2) is 40.6 Å². The highest BCUT2D eigenvalue weighted by Gasteiger charge is 2.40. The van der Waals surface area contributed by atoms with Gasteiger partial charge in [0.25, 0.3) is 0 Å². The maximum Gasteiger partial charge on any atom is 0.347 e. The number of nitrogens with zero attached hydrogens (tertiary/aromatic N) is 2. The lowest BCUT2D eigenvalue weighted by molar-refractivity contribution is -0.149. The predicted molar refractivity (Wildman–Crippen MR) is 137 cm³/mol. The molecule has 3 aromatic heterocycles. The van der Waals surface area contributed by atoms with Gasteiger partial charge in [0, 0.05) is 54.1 Å². The highest BCUT2D eigenvalue weighted by Crippen LogP contribution is 2.44. The lowest BCUT2D eigenvalue weighted by Crippen LogP contribution is -2.21. The molecule has 1 aliphatic carbocycles. The molecule has 8 nitrogen and oxygen atoms in total. The number of esters is 3. The molecule has 188 valence electrons. The van der Waals surface area contributed by atoms with Gasteiger partial charge in [0.1, 0.15) is 5.75 Å². The average Bonchev–Trinajstić information content (AvgIpc) is 3.49. The second kappa shape index (κ2) is 8.65. The van der Waals surface area contributed by atoms with Crippen molar-refractivity contribution in [3.05, 3.63) is 71.2 Å². The topological polar surface area (TPSA) is 88.2 Å². The molecule has 2 aliphatic rings. The van der Waals surface area contributed by atoms with Crippen LogP contribution in [0.2, 0.25) is 0 Å². The van der Waals surface area contributed by atoms with Gasteiger partial charge in [-0.25, -0.2) is 9.59 Å². The van der Waals surface area contributed by atoms with Crippen LogP contribution in [0.1, 0.15) is 35.7 Å². The van der Waals surface area contributed by atoms with Gasteiger partial charge in [0.15, 0.2) is 0 Å². The number of hydrogen-bond acceptors (Lipinski definition) is 6. The molecule has 1 aliphatic heterocycles. The first-order valence-corrected chi connectivity index (χ1v) is 12.3. The fourth-order valence-corrected chi connectivity index (χ4v) is 5.77. The Balaban J connectivity index is 1.61. The Labute approximate surface area is 213 Å². The molecular formula is C29H26N2O6. The molecule has 0 fully saturated rings. The Kier molecular flexibility index (Phi) is 5.40. The van der Waals surface area contributed by atoms with E-state index in [-0.39, 0.29) is 23.0 Å². The zero-order chi connectivity index (χ0) is 25.8. The summed E-state index contributed by atoms with van der Waals surface area (Å²) in [5.41, 5.74) is 5.71. The van der Waals surface area contributed by atoms with Crippen molar-refractivity contribution in [1.29, 1.82) is 0 Å². The third-order valence-electron chi connectivity index (χ3n) is 7.42. The Morgan fingerprint density at radius 1 is 1.11 bits per heavy atom. The standard InChI is InChI=1S/C29H26N2O6/c1-16(32)36-15-17-7-9-23-20(12-17)25(24-6-4-5-11-31(23)24)27-26(28(33)37-29(27)34)21-14-30(2)22-10-8-18(35-3)13-19(21)22/h4-6,8,10-11,13-14,17H,7,9,12,15H2,1-3H3. The van der Waals surface area contributed by atoms with Crippen LogP contribution in [0, 0.1) is 5.92 Å². The zero-order valence-electron chi connectivity index (χ0n) is 20.9. The number of pyridine rings is 1. The lowest BCUT2D eigenvalue weighted by atomic mass is 9.83. The molecule has 0 spiro atoms. The fraction of sp³-hybridized carbons (Fsp3) is 0.276. The highest BCUT2D eigenvalue weighted by atomic mass is 16.6. The Bertz CT molecular complexity index is 1650. The van der Waals surface area contributed by atoms with E-state index < -0.39 is 11.9 Å². The molecule has 0 bridgehead atoms. The van der Waals surface area contributed by atoms with Crippen molar-refractivity contribution >= 4 is 45.5 Å². The number of fused-ring (bicyclic) bond motifs is 4. The van der Waals surface area contributed by atoms with E-state index in [0.717, 1.165) is 40.5 Å². The molecule has 1 unspecified atom stereocenters. The molecule has 0 saturated heterocycles. The van der Waals surface area contributed by atoms with E-state index in [2.05, 4.69) is 4.40 Å². The van der Waals surface area contributed by atoms with Gasteiger partial charge in [-0.3, -0.25) is 4.79 Å². The van der Waals surface area contributed by atoms with Crippen molar-refractivity contribution in [3.8, 4) is 5.75 Å². The number of hydrogen-bond donors (Lipinski definition) is 0. The molecule has 4 aromatic rings. The second-order valence-corrected chi connectivity index (χ2v) is 9.63. The monoisotopic (exact) mass is 498 g/mol. The minimum atomic E-state index is -0.661. The van der Waals surface area contributed by atoms with Crippen LogP contribution in [0.3, 0.4) is 0 Å². The third kappa shape index (κ3) is 3.63.